The van der Waals surface area contributed by atoms with Crippen LogP contribution in [0.3, 0.4) is 0 Å². The van der Waals surface area contributed by atoms with Crippen LogP contribution in [-0.2, 0) is 13.1 Å². The number of benzene rings is 2. The smallest absolute Gasteiger partial charge is 0.253 e. The van der Waals surface area contributed by atoms with Gasteiger partial charge in [-0.25, -0.2) is 4.98 Å². The van der Waals surface area contributed by atoms with Gasteiger partial charge in [0, 0.05) is 38.1 Å². The number of hydrogen-bond donors (Lipinski definition) is 1. The fourth-order valence-electron chi connectivity index (χ4n) is 2.88. The minimum atomic E-state index is -0.0441. The van der Waals surface area contributed by atoms with Crippen molar-refractivity contribution in [1.82, 2.24) is 29.9 Å². The van der Waals surface area contributed by atoms with E-state index in [-0.39, 0.29) is 5.91 Å². The van der Waals surface area contributed by atoms with Crippen LogP contribution in [0, 0.1) is 0 Å². The Morgan fingerprint density at radius 2 is 1.85 bits per heavy atom. The molecular weight excluding hydrogens is 328 g/mol. The predicted octanol–water partition coefficient (Wildman–Crippen LogP) is 2.47. The van der Waals surface area contributed by atoms with Crippen molar-refractivity contribution >= 4 is 16.9 Å². The SMILES string of the molecule is CN(Cc1ccc(Cn2ccnc2)cc1)C(=O)c1ccc2n[nH]nc2c1. The second kappa shape index (κ2) is 6.79. The van der Waals surface area contributed by atoms with E-state index in [1.165, 1.54) is 5.56 Å². The van der Waals surface area contributed by atoms with Gasteiger partial charge in [-0.2, -0.15) is 15.4 Å². The Labute approximate surface area is 150 Å². The van der Waals surface area contributed by atoms with Gasteiger partial charge in [0.15, 0.2) is 0 Å². The molecule has 2 heterocycles. The molecule has 0 saturated heterocycles. The van der Waals surface area contributed by atoms with Gasteiger partial charge in [-0.1, -0.05) is 24.3 Å². The van der Waals surface area contributed by atoms with Crippen LogP contribution in [-0.4, -0.2) is 42.8 Å². The van der Waals surface area contributed by atoms with Crippen molar-refractivity contribution in [3.63, 3.8) is 0 Å². The van der Waals surface area contributed by atoms with Crippen molar-refractivity contribution in [2.45, 2.75) is 13.1 Å². The molecule has 7 nitrogen and oxygen atoms in total. The fourth-order valence-corrected chi connectivity index (χ4v) is 2.88. The average molecular weight is 346 g/mol. The number of hydrogen-bond acceptors (Lipinski definition) is 4. The molecule has 1 N–H and O–H groups in total. The van der Waals surface area contributed by atoms with Gasteiger partial charge in [-0.15, -0.1) is 0 Å². The molecule has 2 aromatic carbocycles. The van der Waals surface area contributed by atoms with Crippen molar-refractivity contribution in [3.8, 4) is 0 Å². The van der Waals surface area contributed by atoms with E-state index < -0.39 is 0 Å². The molecule has 0 fully saturated rings. The van der Waals surface area contributed by atoms with Gasteiger partial charge in [0.1, 0.15) is 11.0 Å². The Balaban J connectivity index is 1.43. The molecular formula is C19H18N6O. The van der Waals surface area contributed by atoms with Crippen LogP contribution in [0.4, 0.5) is 0 Å². The molecule has 2 aromatic heterocycles. The number of rotatable bonds is 5. The summed E-state index contributed by atoms with van der Waals surface area (Å²) in [5, 5.41) is 10.6. The summed E-state index contributed by atoms with van der Waals surface area (Å²) in [5.41, 5.74) is 4.31. The minimum Gasteiger partial charge on any atom is -0.337 e. The van der Waals surface area contributed by atoms with E-state index in [9.17, 15) is 4.79 Å². The van der Waals surface area contributed by atoms with E-state index in [2.05, 4.69) is 44.7 Å². The Bertz CT molecular complexity index is 1020. The Morgan fingerprint density at radius 1 is 1.08 bits per heavy atom. The molecule has 0 unspecified atom stereocenters. The maximum atomic E-state index is 12.7. The monoisotopic (exact) mass is 346 g/mol. The Morgan fingerprint density at radius 3 is 2.62 bits per heavy atom. The van der Waals surface area contributed by atoms with E-state index >= 15 is 0 Å². The molecule has 26 heavy (non-hydrogen) atoms. The van der Waals surface area contributed by atoms with E-state index in [1.807, 2.05) is 10.8 Å². The van der Waals surface area contributed by atoms with Gasteiger partial charge in [-0.05, 0) is 29.3 Å². The van der Waals surface area contributed by atoms with Crippen LogP contribution in [0.5, 0.6) is 0 Å². The lowest BCUT2D eigenvalue weighted by molar-refractivity contribution is 0.0785. The summed E-state index contributed by atoms with van der Waals surface area (Å²) in [5.74, 6) is -0.0441. The third-order valence-electron chi connectivity index (χ3n) is 4.28. The molecule has 130 valence electrons. The number of aromatic nitrogens is 5. The van der Waals surface area contributed by atoms with Crippen LogP contribution >= 0.6 is 0 Å². The third-order valence-corrected chi connectivity index (χ3v) is 4.28. The summed E-state index contributed by atoms with van der Waals surface area (Å²) in [6.07, 6.45) is 5.50. The van der Waals surface area contributed by atoms with Crippen LogP contribution < -0.4 is 0 Å². The third kappa shape index (κ3) is 3.32. The van der Waals surface area contributed by atoms with Crippen molar-refractivity contribution < 1.29 is 4.79 Å². The molecule has 0 atom stereocenters. The maximum Gasteiger partial charge on any atom is 0.253 e. The topological polar surface area (TPSA) is 79.7 Å². The molecule has 0 aliphatic rings. The lowest BCUT2D eigenvalue weighted by atomic mass is 10.1. The minimum absolute atomic E-state index is 0.0441. The van der Waals surface area contributed by atoms with Gasteiger partial charge in [0.2, 0.25) is 0 Å². The molecule has 4 rings (SSSR count). The van der Waals surface area contributed by atoms with Gasteiger partial charge < -0.3 is 9.47 Å². The molecule has 0 aliphatic carbocycles. The molecule has 0 aliphatic heterocycles. The summed E-state index contributed by atoms with van der Waals surface area (Å²) in [4.78, 5) is 18.4. The number of carbonyl (C=O) groups excluding carboxylic acids is 1. The van der Waals surface area contributed by atoms with Crippen molar-refractivity contribution in [3.05, 3.63) is 77.9 Å². The first-order valence-electron chi connectivity index (χ1n) is 8.28. The summed E-state index contributed by atoms with van der Waals surface area (Å²) >= 11 is 0. The first-order valence-corrected chi connectivity index (χ1v) is 8.28. The average Bonchev–Trinajstić information content (AvgIpc) is 3.33. The first kappa shape index (κ1) is 16.0. The number of imidazole rings is 1. The van der Waals surface area contributed by atoms with Crippen LogP contribution in [0.25, 0.3) is 11.0 Å². The maximum absolute atomic E-state index is 12.7. The summed E-state index contributed by atoms with van der Waals surface area (Å²) < 4.78 is 2.02. The van der Waals surface area contributed by atoms with Crippen LogP contribution in [0.1, 0.15) is 21.5 Å². The van der Waals surface area contributed by atoms with Gasteiger partial charge in [0.25, 0.3) is 5.91 Å². The largest absolute Gasteiger partial charge is 0.337 e. The fraction of sp³-hybridized carbons (Fsp3) is 0.158. The number of amides is 1. The normalized spacial score (nSPS) is 11.0. The predicted molar refractivity (Wildman–Crippen MR) is 97.5 cm³/mol. The molecule has 0 spiro atoms. The number of nitrogens with zero attached hydrogens (tertiary/aromatic N) is 5. The molecule has 7 heteroatoms. The molecule has 1 amide bonds. The molecule has 0 saturated carbocycles. The van der Waals surface area contributed by atoms with E-state index in [1.54, 1.807) is 42.7 Å². The van der Waals surface area contributed by atoms with Crippen molar-refractivity contribution in [2.24, 2.45) is 0 Å². The number of aromatic amines is 1. The highest BCUT2D eigenvalue weighted by Crippen LogP contribution is 2.14. The van der Waals surface area contributed by atoms with Gasteiger partial charge >= 0.3 is 0 Å². The highest BCUT2D eigenvalue weighted by molar-refractivity contribution is 5.97. The molecule has 4 aromatic rings. The van der Waals surface area contributed by atoms with Gasteiger partial charge in [0.05, 0.1) is 6.33 Å². The molecule has 0 radical (unpaired) electrons. The van der Waals surface area contributed by atoms with Crippen LogP contribution in [0.2, 0.25) is 0 Å². The first-order chi connectivity index (χ1) is 12.7. The highest BCUT2D eigenvalue weighted by Gasteiger charge is 2.13. The van der Waals surface area contributed by atoms with E-state index in [0.29, 0.717) is 17.6 Å². The van der Waals surface area contributed by atoms with Crippen LogP contribution in [0.15, 0.2) is 61.2 Å². The van der Waals surface area contributed by atoms with Gasteiger partial charge in [-0.3, -0.25) is 4.79 Å². The van der Waals surface area contributed by atoms with E-state index in [4.69, 9.17) is 0 Å². The standard InChI is InChI=1S/C19H18N6O/c1-24(19(26)16-6-7-17-18(10-16)22-23-21-17)11-14-2-4-15(5-3-14)12-25-9-8-20-13-25/h2-10,13H,11-12H2,1H3,(H,21,22,23). The molecule has 0 bridgehead atoms. The summed E-state index contributed by atoms with van der Waals surface area (Å²) in [7, 11) is 1.80. The number of carbonyl (C=O) groups is 1. The lowest BCUT2D eigenvalue weighted by Crippen LogP contribution is -2.26. The van der Waals surface area contributed by atoms with Crippen molar-refractivity contribution in [2.75, 3.05) is 7.05 Å². The Hall–Kier alpha value is -3.48. The van der Waals surface area contributed by atoms with Crippen molar-refractivity contribution in [1.29, 1.82) is 0 Å². The number of nitrogens with one attached hydrogen (secondary N) is 1. The lowest BCUT2D eigenvalue weighted by Gasteiger charge is -2.17. The summed E-state index contributed by atoms with van der Waals surface area (Å²) in [6.45, 7) is 1.33. The second-order valence-corrected chi connectivity index (χ2v) is 6.24. The quantitative estimate of drug-likeness (QED) is 0.602. The number of fused-ring (bicyclic) bond motifs is 1. The number of H-pyrrole nitrogens is 1. The Kier molecular flexibility index (Phi) is 4.18. The zero-order chi connectivity index (χ0) is 17.9. The second-order valence-electron chi connectivity index (χ2n) is 6.24. The summed E-state index contributed by atoms with van der Waals surface area (Å²) in [6, 6.07) is 13.6. The zero-order valence-corrected chi connectivity index (χ0v) is 14.3. The van der Waals surface area contributed by atoms with E-state index in [0.717, 1.165) is 17.6 Å². The zero-order valence-electron chi connectivity index (χ0n) is 14.3. The highest BCUT2D eigenvalue weighted by atomic mass is 16.2.